The maximum Gasteiger partial charge on any atom is 0.333 e. The molecule has 0 atom stereocenters. The van der Waals surface area contributed by atoms with Crippen LogP contribution in [0.4, 0.5) is 5.69 Å². The van der Waals surface area contributed by atoms with Gasteiger partial charge in [0.2, 0.25) is 0 Å². The number of aliphatic imine (C=N–C) groups is 1. The fraction of sp³-hybridized carbons (Fsp3) is 0.429. The molecule has 9 heteroatoms. The highest BCUT2D eigenvalue weighted by atomic mass is 32.2. The minimum absolute atomic E-state index is 0. The highest BCUT2D eigenvalue weighted by molar-refractivity contribution is 7.91. The van der Waals surface area contributed by atoms with Crippen molar-refractivity contribution in [1.82, 2.24) is 5.48 Å². The highest BCUT2D eigenvalue weighted by Crippen LogP contribution is 2.18. The largest absolute Gasteiger partial charge is 0.461 e. The maximum atomic E-state index is 11.5. The first-order chi connectivity index (χ1) is 13.9. The van der Waals surface area contributed by atoms with E-state index in [-0.39, 0.29) is 32.3 Å². The molecule has 0 aliphatic carbocycles. The SMILES string of the molecule is C.C=C(C)C(=O)OCCNOCN=C=C=Cc1ccc(N2CCS(=O)(=O)CC2)cc1. The number of ether oxygens (including phenoxy) is 1. The Labute approximate surface area is 178 Å². The third kappa shape index (κ3) is 9.22. The van der Waals surface area contributed by atoms with Crippen LogP contribution in [-0.2, 0) is 24.2 Å². The summed E-state index contributed by atoms with van der Waals surface area (Å²) in [5.41, 5.74) is 7.71. The van der Waals surface area contributed by atoms with Gasteiger partial charge in [-0.15, -0.1) is 0 Å². The summed E-state index contributed by atoms with van der Waals surface area (Å²) < 4.78 is 27.9. The van der Waals surface area contributed by atoms with Crippen LogP contribution < -0.4 is 10.4 Å². The number of hydrogen-bond donors (Lipinski definition) is 1. The van der Waals surface area contributed by atoms with Gasteiger partial charge in [-0.25, -0.2) is 18.2 Å². The van der Waals surface area contributed by atoms with Crippen LogP contribution in [0.3, 0.4) is 0 Å². The van der Waals surface area contributed by atoms with Gasteiger partial charge in [-0.05, 0) is 36.4 Å². The molecule has 0 spiro atoms. The molecule has 8 nitrogen and oxygen atoms in total. The Morgan fingerprint density at radius 2 is 1.97 bits per heavy atom. The minimum atomic E-state index is -2.88. The van der Waals surface area contributed by atoms with Crippen molar-refractivity contribution in [1.29, 1.82) is 0 Å². The van der Waals surface area contributed by atoms with Gasteiger partial charge in [-0.2, -0.15) is 5.48 Å². The molecule has 0 aromatic heterocycles. The van der Waals surface area contributed by atoms with Crippen LogP contribution in [0.5, 0.6) is 0 Å². The second-order valence-corrected chi connectivity index (χ2v) is 8.68. The van der Waals surface area contributed by atoms with E-state index in [1.807, 2.05) is 24.3 Å². The number of hydroxylamine groups is 1. The number of sulfone groups is 1. The molecule has 30 heavy (non-hydrogen) atoms. The molecule has 1 N–H and O–H groups in total. The van der Waals surface area contributed by atoms with Gasteiger partial charge in [0.15, 0.2) is 16.6 Å². The molecule has 0 amide bonds. The van der Waals surface area contributed by atoms with Gasteiger partial charge < -0.3 is 9.64 Å². The lowest BCUT2D eigenvalue weighted by molar-refractivity contribution is -0.139. The molecular weight excluding hydrogens is 406 g/mol. The van der Waals surface area contributed by atoms with Crippen LogP contribution in [0.1, 0.15) is 19.9 Å². The summed E-state index contributed by atoms with van der Waals surface area (Å²) in [6.45, 7) is 6.67. The fourth-order valence-corrected chi connectivity index (χ4v) is 3.61. The lowest BCUT2D eigenvalue weighted by Crippen LogP contribution is -2.40. The Morgan fingerprint density at radius 1 is 1.30 bits per heavy atom. The number of nitrogens with one attached hydrogen (secondary N) is 1. The lowest BCUT2D eigenvalue weighted by atomic mass is 10.2. The van der Waals surface area contributed by atoms with Crippen molar-refractivity contribution in [2.24, 2.45) is 4.99 Å². The number of carbonyl (C=O) groups excluding carboxylic acids is 1. The zero-order chi connectivity index (χ0) is 21.1. The number of nitrogens with zero attached hydrogens (tertiary/aromatic N) is 2. The topological polar surface area (TPSA) is 97.3 Å². The van der Waals surface area contributed by atoms with Gasteiger partial charge in [-0.3, -0.25) is 4.84 Å². The first-order valence-corrected chi connectivity index (χ1v) is 10.9. The Kier molecular flexibility index (Phi) is 10.8. The van der Waals surface area contributed by atoms with Crippen molar-refractivity contribution < 1.29 is 22.8 Å². The van der Waals surface area contributed by atoms with Gasteiger partial charge in [0.05, 0.1) is 18.1 Å². The molecule has 1 aliphatic heterocycles. The number of esters is 1. The van der Waals surface area contributed by atoms with Crippen molar-refractivity contribution in [2.75, 3.05) is 49.4 Å². The van der Waals surface area contributed by atoms with Gasteiger partial charge in [0.1, 0.15) is 6.61 Å². The quantitative estimate of drug-likeness (QED) is 0.158. The summed E-state index contributed by atoms with van der Waals surface area (Å²) in [5.74, 6) is 2.59. The lowest BCUT2D eigenvalue weighted by Gasteiger charge is -2.28. The van der Waals surface area contributed by atoms with Crippen LogP contribution in [0.25, 0.3) is 6.08 Å². The van der Waals surface area contributed by atoms with E-state index in [2.05, 4.69) is 33.6 Å². The third-order valence-corrected chi connectivity index (χ3v) is 5.61. The van der Waals surface area contributed by atoms with Crippen LogP contribution in [0.15, 0.2) is 47.1 Å². The second kappa shape index (κ2) is 12.8. The van der Waals surface area contributed by atoms with E-state index in [0.29, 0.717) is 25.2 Å². The monoisotopic (exact) mass is 435 g/mol. The minimum Gasteiger partial charge on any atom is -0.461 e. The Balaban J connectivity index is 0.00000450. The first-order valence-electron chi connectivity index (χ1n) is 9.10. The molecule has 0 radical (unpaired) electrons. The van der Waals surface area contributed by atoms with Crippen molar-refractivity contribution >= 4 is 33.4 Å². The van der Waals surface area contributed by atoms with Gasteiger partial charge in [0.25, 0.3) is 0 Å². The van der Waals surface area contributed by atoms with Gasteiger partial charge >= 0.3 is 5.97 Å². The zero-order valence-corrected chi connectivity index (χ0v) is 17.2. The van der Waals surface area contributed by atoms with E-state index in [1.54, 1.807) is 13.0 Å². The summed E-state index contributed by atoms with van der Waals surface area (Å²) in [5, 5.41) is 0. The highest BCUT2D eigenvalue weighted by Gasteiger charge is 2.21. The van der Waals surface area contributed by atoms with E-state index in [4.69, 9.17) is 9.57 Å². The third-order valence-electron chi connectivity index (χ3n) is 4.00. The number of carbonyl (C=O) groups is 1. The number of rotatable bonds is 9. The van der Waals surface area contributed by atoms with E-state index < -0.39 is 15.8 Å². The van der Waals surface area contributed by atoms with E-state index >= 15 is 0 Å². The first kappa shape index (κ1) is 25.4. The van der Waals surface area contributed by atoms with Crippen molar-refractivity contribution in [3.05, 3.63) is 47.7 Å². The van der Waals surface area contributed by atoms with Gasteiger partial charge in [0, 0.05) is 30.2 Å². The molecular formula is C21H29N3O5S. The molecule has 1 aromatic rings. The second-order valence-electron chi connectivity index (χ2n) is 6.37. The average Bonchev–Trinajstić information content (AvgIpc) is 2.69. The van der Waals surface area contributed by atoms with E-state index in [1.165, 1.54) is 0 Å². The van der Waals surface area contributed by atoms with Crippen LogP contribution in [-0.4, -0.2) is 64.7 Å². The van der Waals surface area contributed by atoms with Gasteiger partial charge in [-0.1, -0.05) is 26.1 Å². The molecule has 1 fully saturated rings. The Bertz CT molecular complexity index is 898. The predicted octanol–water partition coefficient (Wildman–Crippen LogP) is 1.99. The Morgan fingerprint density at radius 3 is 2.60 bits per heavy atom. The van der Waals surface area contributed by atoms with Crippen LogP contribution in [0.2, 0.25) is 0 Å². The van der Waals surface area contributed by atoms with E-state index in [0.717, 1.165) is 11.3 Å². The number of benzene rings is 1. The number of hydrogen-bond acceptors (Lipinski definition) is 8. The standard InChI is InChI=1S/C20H25N3O5S.CH4/c1-17(2)20(24)27-13-10-22-28-16-21-9-3-4-18-5-7-19(8-6-18)23-11-14-29(25,26)15-12-23;/h4-8,22H,1,10-16H2,2H3;1H4. The van der Waals surface area contributed by atoms with E-state index in [9.17, 15) is 13.2 Å². The smallest absolute Gasteiger partial charge is 0.333 e. The summed E-state index contributed by atoms with van der Waals surface area (Å²) in [4.78, 5) is 22.1. The predicted molar refractivity (Wildman–Crippen MR) is 119 cm³/mol. The summed E-state index contributed by atoms with van der Waals surface area (Å²) >= 11 is 0. The molecule has 0 saturated carbocycles. The van der Waals surface area contributed by atoms with Crippen molar-refractivity contribution in [2.45, 2.75) is 14.4 Å². The number of anilines is 1. The molecule has 1 saturated heterocycles. The van der Waals surface area contributed by atoms with Crippen molar-refractivity contribution in [3.63, 3.8) is 0 Å². The average molecular weight is 436 g/mol. The summed E-state index contributed by atoms with van der Waals surface area (Å²) in [6, 6.07) is 7.77. The Hall–Kier alpha value is -2.67. The summed E-state index contributed by atoms with van der Waals surface area (Å²) in [6.07, 6.45) is 1.73. The molecule has 2 rings (SSSR count). The van der Waals surface area contributed by atoms with Crippen LogP contribution >= 0.6 is 0 Å². The molecule has 1 aliphatic rings. The molecule has 1 aromatic carbocycles. The normalized spacial score (nSPS) is 14.5. The molecule has 1 heterocycles. The van der Waals surface area contributed by atoms with Crippen molar-refractivity contribution in [3.8, 4) is 0 Å². The molecule has 0 unspecified atom stereocenters. The fourth-order valence-electron chi connectivity index (χ4n) is 2.40. The zero-order valence-electron chi connectivity index (χ0n) is 16.4. The molecule has 164 valence electrons. The summed E-state index contributed by atoms with van der Waals surface area (Å²) in [7, 11) is -2.88. The van der Waals surface area contributed by atoms with Crippen LogP contribution in [0, 0.1) is 0 Å². The molecule has 0 bridgehead atoms. The maximum absolute atomic E-state index is 11.5.